The van der Waals surface area contributed by atoms with E-state index in [9.17, 15) is 19.2 Å². The van der Waals surface area contributed by atoms with E-state index in [-0.39, 0.29) is 67.8 Å². The highest BCUT2D eigenvalue weighted by Crippen LogP contribution is 2.42. The van der Waals surface area contributed by atoms with Gasteiger partial charge >= 0.3 is 5.97 Å². The van der Waals surface area contributed by atoms with Gasteiger partial charge in [0, 0.05) is 48.9 Å². The monoisotopic (exact) mass is 1040 g/mol. The lowest BCUT2D eigenvalue weighted by Gasteiger charge is -2.26. The average Bonchev–Trinajstić information content (AvgIpc) is 3.98. The highest BCUT2D eigenvalue weighted by molar-refractivity contribution is 8.00. The molecule has 7 rings (SSSR count). The normalized spacial score (nSPS) is 17.9. The number of hydrogen-bond donors (Lipinski definition) is 1. The number of hydrogen-bond acceptors (Lipinski definition) is 16. The Balaban J connectivity index is 0.982. The van der Waals surface area contributed by atoms with Crippen LogP contribution in [-0.4, -0.2) is 158 Å². The summed E-state index contributed by atoms with van der Waals surface area (Å²) in [6.45, 7) is 12.8. The minimum absolute atomic E-state index is 0.105. The summed E-state index contributed by atoms with van der Waals surface area (Å²) in [4.78, 5) is 64.9. The van der Waals surface area contributed by atoms with Crippen LogP contribution in [0.5, 0.6) is 23.0 Å². The first-order chi connectivity index (χ1) is 35.8. The lowest BCUT2D eigenvalue weighted by Crippen LogP contribution is -2.35. The fourth-order valence-electron chi connectivity index (χ4n) is 8.79. The van der Waals surface area contributed by atoms with E-state index < -0.39 is 4.75 Å². The number of nitrogens with one attached hydrogen (secondary N) is 1. The van der Waals surface area contributed by atoms with E-state index in [1.54, 1.807) is 38.5 Å². The molecule has 4 aliphatic rings. The molecule has 3 amide bonds. The van der Waals surface area contributed by atoms with Crippen molar-refractivity contribution >= 4 is 59.3 Å². The van der Waals surface area contributed by atoms with Crippen LogP contribution in [0.3, 0.4) is 0 Å². The number of carbonyl (C=O) groups excluding carboxylic acids is 4. The van der Waals surface area contributed by atoms with E-state index in [1.165, 1.54) is 30.0 Å². The first-order valence-corrected chi connectivity index (χ1v) is 25.9. The van der Waals surface area contributed by atoms with Gasteiger partial charge in [0.25, 0.3) is 11.8 Å². The number of thioether (sulfide) groups is 1. The maximum atomic E-state index is 13.8. The Labute approximate surface area is 437 Å². The third kappa shape index (κ3) is 14.5. The van der Waals surface area contributed by atoms with Crippen molar-refractivity contribution in [2.45, 2.75) is 77.0 Å². The fraction of sp³-hybridized carbons (Fsp3) is 0.491. The summed E-state index contributed by atoms with van der Waals surface area (Å²) in [6.07, 6.45) is 9.49. The summed E-state index contributed by atoms with van der Waals surface area (Å²) in [5.41, 5.74) is 6.91. The summed E-state index contributed by atoms with van der Waals surface area (Å²) in [5.74, 6) is 1.22. The molecule has 0 saturated carbocycles. The third-order valence-corrected chi connectivity index (χ3v) is 14.5. The van der Waals surface area contributed by atoms with Crippen molar-refractivity contribution in [1.29, 1.82) is 0 Å². The van der Waals surface area contributed by atoms with Crippen LogP contribution in [0, 0.1) is 0 Å². The summed E-state index contributed by atoms with van der Waals surface area (Å²) < 4.78 is 50.6. The van der Waals surface area contributed by atoms with E-state index in [2.05, 4.69) is 48.2 Å². The molecular formula is C55H69N5O13S. The van der Waals surface area contributed by atoms with E-state index in [0.717, 1.165) is 29.5 Å². The quantitative estimate of drug-likeness (QED) is 0.0453. The Bertz CT molecular complexity index is 2480. The molecule has 0 aromatic heterocycles. The van der Waals surface area contributed by atoms with Crippen molar-refractivity contribution < 1.29 is 61.8 Å². The molecule has 18 nitrogen and oxygen atoms in total. The summed E-state index contributed by atoms with van der Waals surface area (Å²) in [6, 6.07) is 12.8. The van der Waals surface area contributed by atoms with Gasteiger partial charge in [0.2, 0.25) is 5.91 Å². The second-order valence-electron chi connectivity index (χ2n) is 18.4. The zero-order chi connectivity index (χ0) is 52.6. The van der Waals surface area contributed by atoms with Crippen molar-refractivity contribution in [1.82, 2.24) is 15.1 Å². The molecule has 4 heterocycles. The largest absolute Gasteiger partial charge is 0.493 e. The Morgan fingerprint density at radius 1 is 0.662 bits per heavy atom. The molecule has 0 aliphatic carbocycles. The zero-order valence-electron chi connectivity index (χ0n) is 43.5. The van der Waals surface area contributed by atoms with Gasteiger partial charge in [-0.15, -0.1) is 11.8 Å². The van der Waals surface area contributed by atoms with Gasteiger partial charge in [0.05, 0.1) is 121 Å². The lowest BCUT2D eigenvalue weighted by molar-refractivity contribution is -0.142. The smallest absolute Gasteiger partial charge is 0.307 e. The van der Waals surface area contributed by atoms with Crippen molar-refractivity contribution in [3.63, 3.8) is 0 Å². The average molecular weight is 1040 g/mol. The number of rotatable bonds is 27. The molecule has 2 unspecified atom stereocenters. The Kier molecular flexibility index (Phi) is 20.1. The molecule has 0 bridgehead atoms. The predicted molar refractivity (Wildman–Crippen MR) is 282 cm³/mol. The van der Waals surface area contributed by atoms with Crippen molar-refractivity contribution in [3.05, 3.63) is 93.6 Å². The Hall–Kier alpha value is -6.25. The topological polar surface area (TPSA) is 195 Å². The molecular weight excluding hydrogens is 971 g/mol. The number of ether oxygens (including phenoxy) is 9. The van der Waals surface area contributed by atoms with Crippen LogP contribution in [0.25, 0.3) is 0 Å². The first kappa shape index (κ1) is 55.5. The fourth-order valence-corrected chi connectivity index (χ4v) is 9.67. The number of allylic oxidation sites excluding steroid dienone is 2. The van der Waals surface area contributed by atoms with E-state index >= 15 is 0 Å². The molecule has 3 aromatic rings. The Morgan fingerprint density at radius 2 is 1.14 bits per heavy atom. The van der Waals surface area contributed by atoms with Crippen molar-refractivity contribution in [2.24, 2.45) is 9.98 Å². The molecule has 2 saturated heterocycles. The molecule has 3 aromatic carbocycles. The van der Waals surface area contributed by atoms with Gasteiger partial charge < -0.3 is 57.7 Å². The number of methoxy groups -OCH3 is 3. The molecule has 19 heteroatoms. The first-order valence-electron chi connectivity index (χ1n) is 24.9. The second kappa shape index (κ2) is 26.8. The van der Waals surface area contributed by atoms with Crippen molar-refractivity contribution in [3.8, 4) is 23.0 Å². The SMILES string of the molecule is CC=C1CC2C=Nc3cc(OCc4cc(COc5cc6c(cc5OC)C(=O)N5CC(=CC)CC5C=N6)cc(C(C)(C)SCC(=O)NCCOCCOCCOCCOCCC(=O)OC)c4)c(OC)cc3C(=O)N2C1. The molecule has 0 spiro atoms. The van der Waals surface area contributed by atoms with Gasteiger partial charge in [-0.05, 0) is 75.4 Å². The Morgan fingerprint density at radius 3 is 1.59 bits per heavy atom. The van der Waals surface area contributed by atoms with Gasteiger partial charge in [-0.2, -0.15) is 0 Å². The van der Waals surface area contributed by atoms with E-state index in [1.807, 2.05) is 42.1 Å². The van der Waals surface area contributed by atoms with Crippen LogP contribution in [0.15, 0.2) is 75.7 Å². The molecule has 2 fully saturated rings. The number of nitrogens with zero attached hydrogens (tertiary/aromatic N) is 4. The number of benzene rings is 3. The maximum absolute atomic E-state index is 13.8. The van der Waals surface area contributed by atoms with E-state index in [4.69, 9.17) is 47.9 Å². The molecule has 2 atom stereocenters. The van der Waals surface area contributed by atoms with Crippen LogP contribution in [0.1, 0.15) is 84.4 Å². The summed E-state index contributed by atoms with van der Waals surface area (Å²) >= 11 is 1.50. The standard InChI is InChI=1S/C55H69N5O13S/c1-8-36-23-41-29-57-45-27-49(47(65-5)25-43(45)53(63)59(41)31-36)72-33-38-20-39(34-73-50-28-46-44(26-48(50)66-6)54(64)60-32-37(9-2)24-42(60)30-58-46)22-40(21-38)55(3,4)74-35-51(61)56-11-13-69-15-17-71-19-18-70-16-14-68-12-10-52(62)67-7/h8-9,20-22,25-30,41-42H,10-19,23-24,31-35H2,1-7H3,(H,56,61). The molecule has 1 N–H and O–H groups in total. The highest BCUT2D eigenvalue weighted by Gasteiger charge is 2.36. The van der Waals surface area contributed by atoms with Crippen LogP contribution in [0.2, 0.25) is 0 Å². The number of aliphatic imine (C=N–C) groups is 2. The minimum Gasteiger partial charge on any atom is -0.493 e. The van der Waals surface area contributed by atoms with Gasteiger partial charge in [0.1, 0.15) is 13.2 Å². The van der Waals surface area contributed by atoms with Crippen LogP contribution in [0.4, 0.5) is 11.4 Å². The highest BCUT2D eigenvalue weighted by atomic mass is 32.2. The van der Waals surface area contributed by atoms with Crippen molar-refractivity contribution in [2.75, 3.05) is 99.6 Å². The van der Waals surface area contributed by atoms with Crippen LogP contribution >= 0.6 is 11.8 Å². The van der Waals surface area contributed by atoms with Crippen LogP contribution in [-0.2, 0) is 51.2 Å². The summed E-state index contributed by atoms with van der Waals surface area (Å²) in [7, 11) is 4.43. The molecule has 398 valence electrons. The molecule has 74 heavy (non-hydrogen) atoms. The predicted octanol–water partition coefficient (Wildman–Crippen LogP) is 7.33. The van der Waals surface area contributed by atoms with Gasteiger partial charge in [-0.25, -0.2) is 0 Å². The number of amides is 3. The maximum Gasteiger partial charge on any atom is 0.307 e. The summed E-state index contributed by atoms with van der Waals surface area (Å²) in [5, 5.41) is 2.95. The lowest BCUT2D eigenvalue weighted by atomic mass is 9.97. The number of carbonyl (C=O) groups is 4. The van der Waals surface area contributed by atoms with Crippen LogP contribution < -0.4 is 24.3 Å². The van der Waals surface area contributed by atoms with Gasteiger partial charge in [-0.1, -0.05) is 35.4 Å². The van der Waals surface area contributed by atoms with Gasteiger partial charge in [-0.3, -0.25) is 29.2 Å². The molecule has 4 aliphatic heterocycles. The number of esters is 1. The zero-order valence-corrected chi connectivity index (χ0v) is 44.3. The number of fused-ring (bicyclic) bond motifs is 4. The van der Waals surface area contributed by atoms with Gasteiger partial charge in [0.15, 0.2) is 23.0 Å². The molecule has 0 radical (unpaired) electrons. The third-order valence-electron chi connectivity index (χ3n) is 13.1. The van der Waals surface area contributed by atoms with E-state index in [0.29, 0.717) is 111 Å². The minimum atomic E-state index is -0.550. The second-order valence-corrected chi connectivity index (χ2v) is 20.0.